The van der Waals surface area contributed by atoms with Gasteiger partial charge in [-0.25, -0.2) is 4.79 Å². The quantitative estimate of drug-likeness (QED) is 0.358. The molecule has 164 valence electrons. The number of ether oxygens (including phenoxy) is 2. The van der Waals surface area contributed by atoms with Crippen LogP contribution in [0.15, 0.2) is 109 Å². The molecule has 0 saturated carbocycles. The molecule has 0 atom stereocenters. The molecule has 0 unspecified atom stereocenters. The summed E-state index contributed by atoms with van der Waals surface area (Å²) >= 11 is 0. The first kappa shape index (κ1) is 21.8. The first-order valence-corrected chi connectivity index (χ1v) is 10.6. The maximum absolute atomic E-state index is 12.5. The predicted molar refractivity (Wildman–Crippen MR) is 128 cm³/mol. The largest absolute Gasteiger partial charge is 0.489 e. The Morgan fingerprint density at radius 1 is 0.727 bits per heavy atom. The van der Waals surface area contributed by atoms with Gasteiger partial charge in [0.05, 0.1) is 5.56 Å². The Hall–Kier alpha value is -4.38. The van der Waals surface area contributed by atoms with Crippen LogP contribution in [0.2, 0.25) is 0 Å². The number of carbonyl (C=O) groups excluding carboxylic acids is 2. The van der Waals surface area contributed by atoms with Crippen LogP contribution in [0.4, 0.5) is 5.69 Å². The minimum absolute atomic E-state index is 0.318. The number of rotatable bonds is 8. The fourth-order valence-corrected chi connectivity index (χ4v) is 3.32. The molecule has 0 aliphatic rings. The number of benzene rings is 4. The molecule has 5 nitrogen and oxygen atoms in total. The molecule has 0 bridgehead atoms. The van der Waals surface area contributed by atoms with Gasteiger partial charge < -0.3 is 14.8 Å². The lowest BCUT2D eigenvalue weighted by atomic mass is 10.0. The van der Waals surface area contributed by atoms with Gasteiger partial charge in [0.2, 0.25) is 0 Å². The zero-order chi connectivity index (χ0) is 22.9. The molecule has 0 radical (unpaired) electrons. The van der Waals surface area contributed by atoms with Gasteiger partial charge in [-0.1, -0.05) is 84.9 Å². The lowest BCUT2D eigenvalue weighted by Gasteiger charge is -2.12. The molecule has 0 heterocycles. The third kappa shape index (κ3) is 6.08. The molecule has 1 N–H and O–H groups in total. The van der Waals surface area contributed by atoms with Gasteiger partial charge in [-0.2, -0.15) is 0 Å². The Morgan fingerprint density at radius 3 is 2.21 bits per heavy atom. The number of nitrogens with one attached hydrogen (secondary N) is 1. The maximum Gasteiger partial charge on any atom is 0.338 e. The summed E-state index contributed by atoms with van der Waals surface area (Å²) in [5.74, 6) is -0.454. The molecule has 33 heavy (non-hydrogen) atoms. The number of para-hydroxylation sites is 1. The molecule has 0 fully saturated rings. The summed E-state index contributed by atoms with van der Waals surface area (Å²) in [6.07, 6.45) is 0. The lowest BCUT2D eigenvalue weighted by Crippen LogP contribution is -2.21. The average molecular weight is 437 g/mol. The van der Waals surface area contributed by atoms with E-state index in [4.69, 9.17) is 9.47 Å². The van der Waals surface area contributed by atoms with Crippen LogP contribution in [0, 0.1) is 0 Å². The van der Waals surface area contributed by atoms with Gasteiger partial charge >= 0.3 is 5.97 Å². The minimum Gasteiger partial charge on any atom is -0.489 e. The van der Waals surface area contributed by atoms with Crippen molar-refractivity contribution in [1.82, 2.24) is 0 Å². The number of carbonyl (C=O) groups is 2. The number of hydrogen-bond acceptors (Lipinski definition) is 4. The van der Waals surface area contributed by atoms with E-state index in [1.54, 1.807) is 24.3 Å². The van der Waals surface area contributed by atoms with Crippen LogP contribution >= 0.6 is 0 Å². The van der Waals surface area contributed by atoms with Gasteiger partial charge in [-0.3, -0.25) is 4.79 Å². The van der Waals surface area contributed by atoms with Crippen LogP contribution in [0.25, 0.3) is 11.1 Å². The van der Waals surface area contributed by atoms with Gasteiger partial charge in [0.25, 0.3) is 5.91 Å². The standard InChI is InChI=1S/C28H23NO4/c30-27(29-26-17-8-7-16-25(26)22-12-5-2-6-13-22)20-33-28(31)23-14-9-15-24(18-23)32-19-21-10-3-1-4-11-21/h1-18H,19-20H2,(H,29,30). The van der Waals surface area contributed by atoms with Crippen LogP contribution in [0.1, 0.15) is 15.9 Å². The van der Waals surface area contributed by atoms with Gasteiger partial charge in [-0.05, 0) is 35.4 Å². The molecular formula is C28H23NO4. The van der Waals surface area contributed by atoms with Crippen molar-refractivity contribution in [3.8, 4) is 16.9 Å². The molecule has 5 heteroatoms. The van der Waals surface area contributed by atoms with E-state index >= 15 is 0 Å². The number of esters is 1. The van der Waals surface area contributed by atoms with Crippen molar-refractivity contribution in [3.05, 3.63) is 120 Å². The highest BCUT2D eigenvalue weighted by molar-refractivity contribution is 5.98. The van der Waals surface area contributed by atoms with Crippen molar-refractivity contribution in [2.45, 2.75) is 6.61 Å². The van der Waals surface area contributed by atoms with Crippen molar-refractivity contribution in [1.29, 1.82) is 0 Å². The second-order valence-electron chi connectivity index (χ2n) is 7.34. The summed E-state index contributed by atoms with van der Waals surface area (Å²) in [7, 11) is 0. The molecule has 0 saturated heterocycles. The second kappa shape index (κ2) is 10.8. The van der Waals surface area contributed by atoms with E-state index in [0.29, 0.717) is 23.6 Å². The van der Waals surface area contributed by atoms with Gasteiger partial charge in [0.15, 0.2) is 6.61 Å². The fourth-order valence-electron chi connectivity index (χ4n) is 3.32. The van der Waals surface area contributed by atoms with Gasteiger partial charge in [0, 0.05) is 11.3 Å². The fraction of sp³-hybridized carbons (Fsp3) is 0.0714. The Labute approximate surface area is 192 Å². The summed E-state index contributed by atoms with van der Waals surface area (Å²) < 4.78 is 11.0. The Balaban J connectivity index is 1.34. The highest BCUT2D eigenvalue weighted by atomic mass is 16.5. The topological polar surface area (TPSA) is 64.6 Å². The highest BCUT2D eigenvalue weighted by Crippen LogP contribution is 2.27. The number of anilines is 1. The molecule has 0 aromatic heterocycles. The van der Waals surface area contributed by atoms with Crippen molar-refractivity contribution in [3.63, 3.8) is 0 Å². The van der Waals surface area contributed by atoms with Crippen LogP contribution in [0.3, 0.4) is 0 Å². The highest BCUT2D eigenvalue weighted by Gasteiger charge is 2.13. The van der Waals surface area contributed by atoms with E-state index in [2.05, 4.69) is 5.32 Å². The zero-order valence-electron chi connectivity index (χ0n) is 17.9. The number of hydrogen-bond donors (Lipinski definition) is 1. The van der Waals surface area contributed by atoms with Crippen LogP contribution in [-0.4, -0.2) is 18.5 Å². The van der Waals surface area contributed by atoms with E-state index in [1.165, 1.54) is 0 Å². The Bertz CT molecular complexity index is 1220. The molecule has 1 amide bonds. The molecular weight excluding hydrogens is 414 g/mol. The van der Waals surface area contributed by atoms with Crippen molar-refractivity contribution >= 4 is 17.6 Å². The van der Waals surface area contributed by atoms with Gasteiger partial charge in [0.1, 0.15) is 12.4 Å². The summed E-state index contributed by atoms with van der Waals surface area (Å²) in [5, 5.41) is 2.82. The van der Waals surface area contributed by atoms with Crippen molar-refractivity contribution in [2.24, 2.45) is 0 Å². The SMILES string of the molecule is O=C(COC(=O)c1cccc(OCc2ccccc2)c1)Nc1ccccc1-c1ccccc1. The first-order valence-electron chi connectivity index (χ1n) is 10.6. The van der Waals surface area contributed by atoms with Crippen LogP contribution in [0.5, 0.6) is 5.75 Å². The summed E-state index contributed by atoms with van der Waals surface area (Å²) in [5.41, 5.74) is 3.87. The normalized spacial score (nSPS) is 10.3. The monoisotopic (exact) mass is 437 g/mol. The van der Waals surface area contributed by atoms with Crippen LogP contribution < -0.4 is 10.1 Å². The van der Waals surface area contributed by atoms with E-state index in [9.17, 15) is 9.59 Å². The average Bonchev–Trinajstić information content (AvgIpc) is 2.88. The number of amides is 1. The molecule has 4 aromatic rings. The van der Waals surface area contributed by atoms with Crippen LogP contribution in [-0.2, 0) is 16.1 Å². The summed E-state index contributed by atoms with van der Waals surface area (Å²) in [4.78, 5) is 24.9. The molecule has 0 aliphatic carbocycles. The maximum atomic E-state index is 12.5. The molecule has 0 aliphatic heterocycles. The Morgan fingerprint density at radius 2 is 1.42 bits per heavy atom. The summed E-state index contributed by atoms with van der Waals surface area (Å²) in [6, 6.07) is 33.7. The predicted octanol–water partition coefficient (Wildman–Crippen LogP) is 5.73. The van der Waals surface area contributed by atoms with Crippen molar-refractivity contribution < 1.29 is 19.1 Å². The molecule has 0 spiro atoms. The van der Waals surface area contributed by atoms with Crippen molar-refractivity contribution in [2.75, 3.05) is 11.9 Å². The second-order valence-corrected chi connectivity index (χ2v) is 7.34. The summed E-state index contributed by atoms with van der Waals surface area (Å²) in [6.45, 7) is -0.000369. The zero-order valence-corrected chi connectivity index (χ0v) is 17.9. The van der Waals surface area contributed by atoms with E-state index in [-0.39, 0.29) is 0 Å². The Kier molecular flexibility index (Phi) is 7.13. The molecule has 4 aromatic carbocycles. The van der Waals surface area contributed by atoms with Gasteiger partial charge in [-0.15, -0.1) is 0 Å². The molecule has 4 rings (SSSR count). The van der Waals surface area contributed by atoms with E-state index in [0.717, 1.165) is 16.7 Å². The smallest absolute Gasteiger partial charge is 0.338 e. The third-order valence-corrected chi connectivity index (χ3v) is 4.94. The van der Waals surface area contributed by atoms with E-state index < -0.39 is 18.5 Å². The first-order chi connectivity index (χ1) is 16.2. The van der Waals surface area contributed by atoms with E-state index in [1.807, 2.05) is 84.9 Å². The third-order valence-electron chi connectivity index (χ3n) is 4.94. The minimum atomic E-state index is -0.591. The lowest BCUT2D eigenvalue weighted by molar-refractivity contribution is -0.119.